The Balaban J connectivity index is 3.62. The highest BCUT2D eigenvalue weighted by Crippen LogP contribution is 2.14. The average Bonchev–Trinajstić information content (AvgIpc) is 2.04. The maximum absolute atomic E-state index is 9.97. The summed E-state index contributed by atoms with van der Waals surface area (Å²) in [7, 11) is 0. The van der Waals surface area contributed by atoms with Crippen LogP contribution >= 0.6 is 11.8 Å². The summed E-state index contributed by atoms with van der Waals surface area (Å²) in [4.78, 5) is 0. The van der Waals surface area contributed by atoms with Crippen LogP contribution in [-0.4, -0.2) is 35.8 Å². The van der Waals surface area contributed by atoms with Crippen molar-refractivity contribution in [2.75, 3.05) is 25.1 Å². The molecule has 0 aliphatic heterocycles. The highest BCUT2D eigenvalue weighted by molar-refractivity contribution is 7.98. The van der Waals surface area contributed by atoms with Crippen molar-refractivity contribution in [1.29, 1.82) is 0 Å². The first-order chi connectivity index (χ1) is 6.40. The number of rotatable bonds is 7. The molecule has 0 rings (SSSR count). The zero-order valence-electron chi connectivity index (χ0n) is 10.1. The Hall–Kier alpha value is 0.270. The van der Waals surface area contributed by atoms with Gasteiger partial charge in [-0.2, -0.15) is 11.8 Å². The van der Waals surface area contributed by atoms with Gasteiger partial charge in [0, 0.05) is 6.54 Å². The summed E-state index contributed by atoms with van der Waals surface area (Å²) in [6.07, 6.45) is 2.13. The Labute approximate surface area is 92.9 Å². The molecule has 0 aromatic carbocycles. The van der Waals surface area contributed by atoms with E-state index >= 15 is 0 Å². The SMILES string of the molecule is CSCC(C)CNCC(C)(O)C(C)C. The normalized spacial score (nSPS) is 18.2. The van der Waals surface area contributed by atoms with Crippen molar-refractivity contribution in [2.45, 2.75) is 33.3 Å². The van der Waals surface area contributed by atoms with E-state index in [4.69, 9.17) is 0 Å². The fourth-order valence-electron chi connectivity index (χ4n) is 1.12. The molecule has 14 heavy (non-hydrogen) atoms. The number of aliphatic hydroxyl groups is 1. The quantitative estimate of drug-likeness (QED) is 0.687. The Kier molecular flexibility index (Phi) is 6.83. The summed E-state index contributed by atoms with van der Waals surface area (Å²) < 4.78 is 0. The van der Waals surface area contributed by atoms with Gasteiger partial charge in [0.25, 0.3) is 0 Å². The molecule has 2 nitrogen and oxygen atoms in total. The van der Waals surface area contributed by atoms with Crippen LogP contribution in [0.5, 0.6) is 0 Å². The molecule has 0 fully saturated rings. The molecule has 0 radical (unpaired) electrons. The minimum atomic E-state index is -0.584. The largest absolute Gasteiger partial charge is 0.389 e. The third-order valence-corrected chi connectivity index (χ3v) is 3.57. The van der Waals surface area contributed by atoms with Crippen LogP contribution in [0.2, 0.25) is 0 Å². The molecule has 2 unspecified atom stereocenters. The second-order valence-electron chi connectivity index (χ2n) is 4.70. The first-order valence-electron chi connectivity index (χ1n) is 5.32. The van der Waals surface area contributed by atoms with Gasteiger partial charge in [-0.15, -0.1) is 0 Å². The molecule has 0 aromatic rings. The molecule has 0 aromatic heterocycles. The van der Waals surface area contributed by atoms with E-state index in [1.54, 1.807) is 0 Å². The summed E-state index contributed by atoms with van der Waals surface area (Å²) in [5, 5.41) is 13.3. The molecule has 0 bridgehead atoms. The number of nitrogens with one attached hydrogen (secondary N) is 1. The zero-order chi connectivity index (χ0) is 11.2. The van der Waals surface area contributed by atoms with Gasteiger partial charge in [-0.1, -0.05) is 20.8 Å². The van der Waals surface area contributed by atoms with E-state index in [9.17, 15) is 5.11 Å². The fraction of sp³-hybridized carbons (Fsp3) is 1.00. The van der Waals surface area contributed by atoms with Gasteiger partial charge in [-0.05, 0) is 37.3 Å². The van der Waals surface area contributed by atoms with Crippen molar-refractivity contribution in [1.82, 2.24) is 5.32 Å². The lowest BCUT2D eigenvalue weighted by atomic mass is 9.92. The lowest BCUT2D eigenvalue weighted by Gasteiger charge is -2.28. The van der Waals surface area contributed by atoms with E-state index in [0.29, 0.717) is 18.4 Å². The molecule has 0 amide bonds. The highest BCUT2D eigenvalue weighted by atomic mass is 32.2. The Morgan fingerprint density at radius 2 is 1.93 bits per heavy atom. The predicted octanol–water partition coefficient (Wildman–Crippen LogP) is 1.98. The summed E-state index contributed by atoms with van der Waals surface area (Å²) in [5.74, 6) is 2.15. The number of hydrogen-bond acceptors (Lipinski definition) is 3. The van der Waals surface area contributed by atoms with Crippen LogP contribution in [0, 0.1) is 11.8 Å². The highest BCUT2D eigenvalue weighted by Gasteiger charge is 2.24. The predicted molar refractivity (Wildman–Crippen MR) is 65.9 cm³/mol. The summed E-state index contributed by atoms with van der Waals surface area (Å²) in [5.41, 5.74) is -0.584. The van der Waals surface area contributed by atoms with Crippen molar-refractivity contribution in [3.05, 3.63) is 0 Å². The number of thioether (sulfide) groups is 1. The molecule has 86 valence electrons. The van der Waals surface area contributed by atoms with E-state index < -0.39 is 5.60 Å². The minimum Gasteiger partial charge on any atom is -0.389 e. The first kappa shape index (κ1) is 14.3. The van der Waals surface area contributed by atoms with Crippen LogP contribution in [0.15, 0.2) is 0 Å². The maximum atomic E-state index is 9.97. The van der Waals surface area contributed by atoms with Crippen molar-refractivity contribution >= 4 is 11.8 Å². The van der Waals surface area contributed by atoms with Crippen molar-refractivity contribution < 1.29 is 5.11 Å². The van der Waals surface area contributed by atoms with Crippen molar-refractivity contribution in [3.8, 4) is 0 Å². The fourth-order valence-corrected chi connectivity index (χ4v) is 1.81. The third kappa shape index (κ3) is 5.89. The van der Waals surface area contributed by atoms with Crippen LogP contribution < -0.4 is 5.32 Å². The second kappa shape index (κ2) is 6.70. The number of hydrogen-bond donors (Lipinski definition) is 2. The summed E-state index contributed by atoms with van der Waals surface area (Å²) in [6, 6.07) is 0. The topological polar surface area (TPSA) is 32.3 Å². The molecule has 3 heteroatoms. The van der Waals surface area contributed by atoms with E-state index in [-0.39, 0.29) is 0 Å². The van der Waals surface area contributed by atoms with Crippen LogP contribution in [0.4, 0.5) is 0 Å². The third-order valence-electron chi connectivity index (χ3n) is 2.67. The smallest absolute Gasteiger partial charge is 0.0766 e. The van der Waals surface area contributed by atoms with Crippen LogP contribution in [0.1, 0.15) is 27.7 Å². The van der Waals surface area contributed by atoms with Crippen LogP contribution in [0.25, 0.3) is 0 Å². The van der Waals surface area contributed by atoms with Gasteiger partial charge < -0.3 is 10.4 Å². The lowest BCUT2D eigenvalue weighted by molar-refractivity contribution is 0.0139. The first-order valence-corrected chi connectivity index (χ1v) is 6.71. The average molecular weight is 219 g/mol. The molecule has 0 saturated carbocycles. The van der Waals surface area contributed by atoms with Gasteiger partial charge in [0.2, 0.25) is 0 Å². The Bertz CT molecular complexity index is 148. The standard InChI is InChI=1S/C11H25NOS/c1-9(2)11(4,13)8-12-6-10(3)7-14-5/h9-10,12-13H,6-8H2,1-5H3. The monoisotopic (exact) mass is 219 g/mol. The molecule has 0 aliphatic carbocycles. The Morgan fingerprint density at radius 3 is 2.36 bits per heavy atom. The van der Waals surface area contributed by atoms with Crippen LogP contribution in [0.3, 0.4) is 0 Å². The van der Waals surface area contributed by atoms with E-state index in [1.165, 1.54) is 5.75 Å². The van der Waals surface area contributed by atoms with Gasteiger partial charge in [0.1, 0.15) is 0 Å². The molecule has 2 N–H and O–H groups in total. The molecule has 0 heterocycles. The Morgan fingerprint density at radius 1 is 1.36 bits per heavy atom. The second-order valence-corrected chi connectivity index (χ2v) is 5.61. The van der Waals surface area contributed by atoms with E-state index in [0.717, 1.165) is 6.54 Å². The summed E-state index contributed by atoms with van der Waals surface area (Å²) >= 11 is 1.87. The van der Waals surface area contributed by atoms with Gasteiger partial charge in [0.05, 0.1) is 5.60 Å². The lowest BCUT2D eigenvalue weighted by Crippen LogP contribution is -2.43. The molecule has 2 atom stereocenters. The van der Waals surface area contributed by atoms with Crippen molar-refractivity contribution in [2.24, 2.45) is 11.8 Å². The maximum Gasteiger partial charge on any atom is 0.0766 e. The summed E-state index contributed by atoms with van der Waals surface area (Å²) in [6.45, 7) is 9.89. The van der Waals surface area contributed by atoms with Gasteiger partial charge in [-0.25, -0.2) is 0 Å². The molecule has 0 saturated heterocycles. The van der Waals surface area contributed by atoms with Gasteiger partial charge in [-0.3, -0.25) is 0 Å². The van der Waals surface area contributed by atoms with Gasteiger partial charge in [0.15, 0.2) is 0 Å². The molecular formula is C11H25NOS. The van der Waals surface area contributed by atoms with Crippen LogP contribution in [-0.2, 0) is 0 Å². The molecular weight excluding hydrogens is 194 g/mol. The van der Waals surface area contributed by atoms with E-state index in [1.807, 2.05) is 32.5 Å². The molecule has 0 spiro atoms. The zero-order valence-corrected chi connectivity index (χ0v) is 10.9. The van der Waals surface area contributed by atoms with E-state index in [2.05, 4.69) is 18.5 Å². The minimum absolute atomic E-state index is 0.297. The van der Waals surface area contributed by atoms with Crippen molar-refractivity contribution in [3.63, 3.8) is 0 Å². The molecule has 0 aliphatic rings. The van der Waals surface area contributed by atoms with Gasteiger partial charge >= 0.3 is 0 Å².